The summed E-state index contributed by atoms with van der Waals surface area (Å²) in [5.41, 5.74) is 2.21. The molecular weight excluding hydrogens is 234 g/mol. The van der Waals surface area contributed by atoms with E-state index in [0.29, 0.717) is 12.3 Å². The summed E-state index contributed by atoms with van der Waals surface area (Å²) in [6.45, 7) is 6.16. The highest BCUT2D eigenvalue weighted by molar-refractivity contribution is 5.31. The molecule has 0 atom stereocenters. The first-order valence-electron chi connectivity index (χ1n) is 6.43. The van der Waals surface area contributed by atoms with Gasteiger partial charge in [-0.2, -0.15) is 0 Å². The van der Waals surface area contributed by atoms with E-state index in [0.717, 1.165) is 18.7 Å². The maximum absolute atomic E-state index is 9.84. The van der Waals surface area contributed by atoms with Gasteiger partial charge in [-0.05, 0) is 11.6 Å². The minimum atomic E-state index is 0.352. The summed E-state index contributed by atoms with van der Waals surface area (Å²) in [5, 5.41) is 9.84. The summed E-state index contributed by atoms with van der Waals surface area (Å²) in [4.78, 5) is 2.25. The van der Waals surface area contributed by atoms with Crippen molar-refractivity contribution >= 4 is 0 Å². The van der Waals surface area contributed by atoms with Crippen LogP contribution in [0.2, 0.25) is 0 Å². The molecule has 98 valence electrons. The molecular formula is C17H19NO. The second-order valence-electron chi connectivity index (χ2n) is 4.57. The zero-order valence-corrected chi connectivity index (χ0v) is 11.0. The maximum Gasteiger partial charge on any atom is 0.120 e. The van der Waals surface area contributed by atoms with Crippen molar-refractivity contribution in [3.63, 3.8) is 0 Å². The van der Waals surface area contributed by atoms with Gasteiger partial charge in [-0.25, -0.2) is 0 Å². The fraction of sp³-hybridized carbons (Fsp3) is 0.176. The van der Waals surface area contributed by atoms with E-state index in [2.05, 4.69) is 23.6 Å². The topological polar surface area (TPSA) is 23.5 Å². The lowest BCUT2D eigenvalue weighted by Gasteiger charge is -2.21. The van der Waals surface area contributed by atoms with Gasteiger partial charge in [-0.1, -0.05) is 54.6 Å². The number of hydrogen-bond acceptors (Lipinski definition) is 2. The first-order valence-corrected chi connectivity index (χ1v) is 6.43. The van der Waals surface area contributed by atoms with Crippen molar-refractivity contribution in [1.29, 1.82) is 0 Å². The Balaban J connectivity index is 2.08. The van der Waals surface area contributed by atoms with Crippen LogP contribution in [0.5, 0.6) is 5.75 Å². The van der Waals surface area contributed by atoms with Gasteiger partial charge in [0.15, 0.2) is 0 Å². The molecule has 2 heteroatoms. The Morgan fingerprint density at radius 1 is 0.947 bits per heavy atom. The third-order valence-corrected chi connectivity index (χ3v) is 3.02. The Labute approximate surface area is 114 Å². The number of nitrogens with zero attached hydrogens (tertiary/aromatic N) is 1. The molecule has 0 spiro atoms. The van der Waals surface area contributed by atoms with E-state index >= 15 is 0 Å². The Morgan fingerprint density at radius 2 is 1.63 bits per heavy atom. The van der Waals surface area contributed by atoms with Gasteiger partial charge in [-0.3, -0.25) is 4.90 Å². The number of aromatic hydroxyl groups is 1. The van der Waals surface area contributed by atoms with Gasteiger partial charge in [0, 0.05) is 25.2 Å². The van der Waals surface area contributed by atoms with E-state index in [1.807, 2.05) is 42.5 Å². The van der Waals surface area contributed by atoms with E-state index in [4.69, 9.17) is 0 Å². The summed E-state index contributed by atoms with van der Waals surface area (Å²) in [6, 6.07) is 17.8. The van der Waals surface area contributed by atoms with E-state index in [1.165, 1.54) is 5.56 Å². The minimum Gasteiger partial charge on any atom is -0.508 e. The molecule has 0 aromatic heterocycles. The zero-order chi connectivity index (χ0) is 13.5. The molecule has 0 aliphatic carbocycles. The quantitative estimate of drug-likeness (QED) is 0.795. The van der Waals surface area contributed by atoms with Crippen molar-refractivity contribution in [2.45, 2.75) is 13.1 Å². The van der Waals surface area contributed by atoms with Crippen LogP contribution in [-0.2, 0) is 13.1 Å². The molecule has 2 aromatic rings. The summed E-state index contributed by atoms with van der Waals surface area (Å²) >= 11 is 0. The number of rotatable bonds is 6. The van der Waals surface area contributed by atoms with Crippen molar-refractivity contribution in [1.82, 2.24) is 4.90 Å². The molecule has 2 nitrogen and oxygen atoms in total. The lowest BCUT2D eigenvalue weighted by molar-refractivity contribution is 0.281. The first-order chi connectivity index (χ1) is 9.29. The molecule has 0 aliphatic rings. The van der Waals surface area contributed by atoms with E-state index in [9.17, 15) is 5.11 Å². The Kier molecular flexibility index (Phi) is 4.76. The van der Waals surface area contributed by atoms with Gasteiger partial charge < -0.3 is 5.11 Å². The molecule has 1 N–H and O–H groups in total. The van der Waals surface area contributed by atoms with Crippen LogP contribution in [0.4, 0.5) is 0 Å². The second-order valence-corrected chi connectivity index (χ2v) is 4.57. The monoisotopic (exact) mass is 253 g/mol. The lowest BCUT2D eigenvalue weighted by Crippen LogP contribution is -2.22. The van der Waals surface area contributed by atoms with Crippen LogP contribution in [0.25, 0.3) is 0 Å². The molecule has 0 amide bonds. The Bertz CT molecular complexity index is 522. The number of phenolic OH excluding ortho intramolecular Hbond substituents is 1. The van der Waals surface area contributed by atoms with Gasteiger partial charge in [0.2, 0.25) is 0 Å². The van der Waals surface area contributed by atoms with Gasteiger partial charge in [0.1, 0.15) is 5.75 Å². The minimum absolute atomic E-state index is 0.352. The maximum atomic E-state index is 9.84. The Morgan fingerprint density at radius 3 is 2.32 bits per heavy atom. The SMILES string of the molecule is C=CCN(Cc1ccccc1)Cc1ccccc1O. The lowest BCUT2D eigenvalue weighted by atomic mass is 10.1. The number of hydrogen-bond donors (Lipinski definition) is 1. The van der Waals surface area contributed by atoms with Crippen LogP contribution in [0, 0.1) is 0 Å². The number of para-hydroxylation sites is 1. The van der Waals surface area contributed by atoms with Gasteiger partial charge >= 0.3 is 0 Å². The zero-order valence-electron chi connectivity index (χ0n) is 11.0. The molecule has 19 heavy (non-hydrogen) atoms. The highest BCUT2D eigenvalue weighted by Crippen LogP contribution is 2.18. The van der Waals surface area contributed by atoms with Crippen molar-refractivity contribution in [3.05, 3.63) is 78.4 Å². The molecule has 0 radical (unpaired) electrons. The standard InChI is InChI=1S/C17H19NO/c1-2-12-18(13-15-8-4-3-5-9-15)14-16-10-6-7-11-17(16)19/h2-11,19H,1,12-14H2. The largest absolute Gasteiger partial charge is 0.508 e. The average Bonchev–Trinajstić information content (AvgIpc) is 2.43. The van der Waals surface area contributed by atoms with Crippen LogP contribution < -0.4 is 0 Å². The van der Waals surface area contributed by atoms with E-state index in [-0.39, 0.29) is 0 Å². The third kappa shape index (κ3) is 3.97. The summed E-state index contributed by atoms with van der Waals surface area (Å²) in [5.74, 6) is 0.352. The molecule has 2 rings (SSSR count). The van der Waals surface area contributed by atoms with Crippen molar-refractivity contribution in [3.8, 4) is 5.75 Å². The molecule has 0 unspecified atom stereocenters. The predicted octanol–water partition coefficient (Wildman–Crippen LogP) is 3.58. The van der Waals surface area contributed by atoms with E-state index in [1.54, 1.807) is 6.07 Å². The van der Waals surface area contributed by atoms with Crippen LogP contribution in [0.15, 0.2) is 67.3 Å². The normalized spacial score (nSPS) is 10.6. The van der Waals surface area contributed by atoms with Crippen LogP contribution >= 0.6 is 0 Å². The Hall–Kier alpha value is -2.06. The molecule has 0 saturated heterocycles. The highest BCUT2D eigenvalue weighted by Gasteiger charge is 2.08. The second kappa shape index (κ2) is 6.76. The first kappa shape index (κ1) is 13.4. The van der Waals surface area contributed by atoms with E-state index < -0.39 is 0 Å². The molecule has 0 saturated carbocycles. The molecule has 2 aromatic carbocycles. The average molecular weight is 253 g/mol. The van der Waals surface area contributed by atoms with Crippen LogP contribution in [0.1, 0.15) is 11.1 Å². The fourth-order valence-electron chi connectivity index (χ4n) is 2.09. The van der Waals surface area contributed by atoms with Gasteiger partial charge in [0.25, 0.3) is 0 Å². The van der Waals surface area contributed by atoms with Crippen molar-refractivity contribution in [2.75, 3.05) is 6.54 Å². The molecule has 0 heterocycles. The van der Waals surface area contributed by atoms with Crippen molar-refractivity contribution < 1.29 is 5.11 Å². The summed E-state index contributed by atoms with van der Waals surface area (Å²) < 4.78 is 0. The van der Waals surface area contributed by atoms with Crippen LogP contribution in [-0.4, -0.2) is 16.6 Å². The van der Waals surface area contributed by atoms with Crippen LogP contribution in [0.3, 0.4) is 0 Å². The highest BCUT2D eigenvalue weighted by atomic mass is 16.3. The third-order valence-electron chi connectivity index (χ3n) is 3.02. The summed E-state index contributed by atoms with van der Waals surface area (Å²) in [7, 11) is 0. The molecule has 0 bridgehead atoms. The smallest absolute Gasteiger partial charge is 0.120 e. The predicted molar refractivity (Wildman–Crippen MR) is 78.9 cm³/mol. The van der Waals surface area contributed by atoms with Gasteiger partial charge in [-0.15, -0.1) is 6.58 Å². The van der Waals surface area contributed by atoms with Crippen molar-refractivity contribution in [2.24, 2.45) is 0 Å². The summed E-state index contributed by atoms with van der Waals surface area (Å²) in [6.07, 6.45) is 1.89. The van der Waals surface area contributed by atoms with Gasteiger partial charge in [0.05, 0.1) is 0 Å². The number of phenols is 1. The fourth-order valence-corrected chi connectivity index (χ4v) is 2.09. The molecule has 0 fully saturated rings. The molecule has 0 aliphatic heterocycles. The number of benzene rings is 2.